The zero-order chi connectivity index (χ0) is 13.2. The fourth-order valence-corrected chi connectivity index (χ4v) is 3.27. The van der Waals surface area contributed by atoms with Gasteiger partial charge in [0.05, 0.1) is 0 Å². The highest BCUT2D eigenvalue weighted by atomic mass is 35.5. The Morgan fingerprint density at radius 1 is 1.11 bits per heavy atom. The van der Waals surface area contributed by atoms with E-state index < -0.39 is 0 Å². The van der Waals surface area contributed by atoms with Crippen LogP contribution in [0.3, 0.4) is 0 Å². The second-order valence-electron chi connectivity index (χ2n) is 5.00. The summed E-state index contributed by atoms with van der Waals surface area (Å²) >= 11 is 12.3. The van der Waals surface area contributed by atoms with Gasteiger partial charge in [0.15, 0.2) is 0 Å². The molecule has 0 bridgehead atoms. The molecular weight excluding hydrogens is 277 g/mol. The number of halogens is 2. The number of benzene rings is 2. The molecule has 1 heterocycles. The van der Waals surface area contributed by atoms with Crippen molar-refractivity contribution in [3.05, 3.63) is 69.2 Å². The molecule has 2 aromatic carbocycles. The Morgan fingerprint density at radius 3 is 2.68 bits per heavy atom. The molecule has 1 aliphatic rings. The standard InChI is InChI=1S/C16H15Cl2N/c17-13-7-12-8-14(6-11-4-2-1-3-5-11)19-10-15(12)16(18)9-13/h1-5,7,9,14,19H,6,8,10H2. The Balaban J connectivity index is 1.79. The summed E-state index contributed by atoms with van der Waals surface area (Å²) in [7, 11) is 0. The SMILES string of the molecule is Clc1cc(Cl)c2c(c1)CC(Cc1ccccc1)NC2. The smallest absolute Gasteiger partial charge is 0.0468 e. The summed E-state index contributed by atoms with van der Waals surface area (Å²) in [6, 6.07) is 14.9. The van der Waals surface area contributed by atoms with E-state index in [0.29, 0.717) is 6.04 Å². The van der Waals surface area contributed by atoms with E-state index in [9.17, 15) is 0 Å². The van der Waals surface area contributed by atoms with Crippen LogP contribution in [0.1, 0.15) is 16.7 Å². The summed E-state index contributed by atoms with van der Waals surface area (Å²) in [5, 5.41) is 5.05. The minimum absolute atomic E-state index is 0.449. The summed E-state index contributed by atoms with van der Waals surface area (Å²) < 4.78 is 0. The highest BCUT2D eigenvalue weighted by Gasteiger charge is 2.20. The van der Waals surface area contributed by atoms with Gasteiger partial charge in [-0.2, -0.15) is 0 Å². The molecule has 1 atom stereocenters. The first-order valence-electron chi connectivity index (χ1n) is 6.46. The van der Waals surface area contributed by atoms with Crippen molar-refractivity contribution in [2.75, 3.05) is 0 Å². The molecule has 0 fully saturated rings. The minimum atomic E-state index is 0.449. The largest absolute Gasteiger partial charge is 0.309 e. The van der Waals surface area contributed by atoms with Gasteiger partial charge in [0, 0.05) is 22.6 Å². The van der Waals surface area contributed by atoms with Crippen LogP contribution in [0.5, 0.6) is 0 Å². The molecule has 0 radical (unpaired) electrons. The molecule has 1 unspecified atom stereocenters. The minimum Gasteiger partial charge on any atom is -0.309 e. The first kappa shape index (κ1) is 13.0. The molecule has 1 N–H and O–H groups in total. The lowest BCUT2D eigenvalue weighted by atomic mass is 9.92. The summed E-state index contributed by atoms with van der Waals surface area (Å²) in [6.45, 7) is 0.822. The van der Waals surface area contributed by atoms with E-state index in [2.05, 4.69) is 29.6 Å². The van der Waals surface area contributed by atoms with E-state index >= 15 is 0 Å². The van der Waals surface area contributed by atoms with Crippen molar-refractivity contribution >= 4 is 23.2 Å². The van der Waals surface area contributed by atoms with Crippen LogP contribution < -0.4 is 5.32 Å². The number of rotatable bonds is 2. The highest BCUT2D eigenvalue weighted by molar-refractivity contribution is 6.35. The first-order valence-corrected chi connectivity index (χ1v) is 7.22. The molecule has 1 aliphatic heterocycles. The average molecular weight is 292 g/mol. The van der Waals surface area contributed by atoms with Crippen molar-refractivity contribution < 1.29 is 0 Å². The monoisotopic (exact) mass is 291 g/mol. The summed E-state index contributed by atoms with van der Waals surface area (Å²) in [4.78, 5) is 0. The average Bonchev–Trinajstić information content (AvgIpc) is 2.39. The normalized spacial score (nSPS) is 18.1. The van der Waals surface area contributed by atoms with Gasteiger partial charge in [-0.05, 0) is 41.7 Å². The summed E-state index contributed by atoms with van der Waals surface area (Å²) in [5.74, 6) is 0. The molecule has 3 rings (SSSR count). The Bertz CT molecular complexity index is 581. The molecule has 98 valence electrons. The van der Waals surface area contributed by atoms with Gasteiger partial charge < -0.3 is 5.32 Å². The van der Waals surface area contributed by atoms with E-state index in [1.54, 1.807) is 0 Å². The van der Waals surface area contributed by atoms with E-state index in [1.807, 2.05) is 18.2 Å². The molecule has 0 saturated carbocycles. The van der Waals surface area contributed by atoms with Crippen LogP contribution in [0.15, 0.2) is 42.5 Å². The maximum absolute atomic E-state index is 6.23. The van der Waals surface area contributed by atoms with Crippen molar-refractivity contribution in [2.45, 2.75) is 25.4 Å². The van der Waals surface area contributed by atoms with Gasteiger partial charge in [0.25, 0.3) is 0 Å². The zero-order valence-corrected chi connectivity index (χ0v) is 12.0. The molecule has 19 heavy (non-hydrogen) atoms. The van der Waals surface area contributed by atoms with Gasteiger partial charge in [0.2, 0.25) is 0 Å². The van der Waals surface area contributed by atoms with Crippen LogP contribution >= 0.6 is 23.2 Å². The van der Waals surface area contributed by atoms with Crippen molar-refractivity contribution in [2.24, 2.45) is 0 Å². The number of hydrogen-bond donors (Lipinski definition) is 1. The molecule has 1 nitrogen and oxygen atoms in total. The highest BCUT2D eigenvalue weighted by Crippen LogP contribution is 2.29. The molecule has 2 aromatic rings. The lowest BCUT2D eigenvalue weighted by molar-refractivity contribution is 0.477. The Morgan fingerprint density at radius 2 is 1.89 bits per heavy atom. The predicted molar refractivity (Wildman–Crippen MR) is 80.9 cm³/mol. The molecule has 0 amide bonds. The van der Waals surface area contributed by atoms with E-state index in [4.69, 9.17) is 23.2 Å². The summed E-state index contributed by atoms with van der Waals surface area (Å²) in [5.41, 5.74) is 3.82. The predicted octanol–water partition coefficient (Wildman–Crippen LogP) is 4.25. The lowest BCUT2D eigenvalue weighted by Crippen LogP contribution is -2.37. The van der Waals surface area contributed by atoms with Crippen molar-refractivity contribution in [3.8, 4) is 0 Å². The van der Waals surface area contributed by atoms with Gasteiger partial charge >= 0.3 is 0 Å². The number of fused-ring (bicyclic) bond motifs is 1. The van der Waals surface area contributed by atoms with E-state index in [0.717, 1.165) is 29.4 Å². The van der Waals surface area contributed by atoms with Crippen molar-refractivity contribution in [3.63, 3.8) is 0 Å². The van der Waals surface area contributed by atoms with Gasteiger partial charge in [-0.1, -0.05) is 53.5 Å². The second kappa shape index (κ2) is 5.54. The van der Waals surface area contributed by atoms with E-state index in [1.165, 1.54) is 16.7 Å². The molecule has 0 aromatic heterocycles. The van der Waals surface area contributed by atoms with Crippen molar-refractivity contribution in [1.82, 2.24) is 5.32 Å². The molecule has 0 spiro atoms. The fraction of sp³-hybridized carbons (Fsp3) is 0.250. The third kappa shape index (κ3) is 2.94. The topological polar surface area (TPSA) is 12.0 Å². The zero-order valence-electron chi connectivity index (χ0n) is 10.5. The second-order valence-corrected chi connectivity index (χ2v) is 5.84. The Hall–Kier alpha value is -1.02. The quantitative estimate of drug-likeness (QED) is 0.872. The molecule has 3 heteroatoms. The van der Waals surface area contributed by atoms with Gasteiger partial charge in [0.1, 0.15) is 0 Å². The molecule has 0 aliphatic carbocycles. The Labute approximate surface area is 123 Å². The first-order chi connectivity index (χ1) is 9.22. The number of nitrogens with one attached hydrogen (secondary N) is 1. The lowest BCUT2D eigenvalue weighted by Gasteiger charge is -2.27. The van der Waals surface area contributed by atoms with Crippen LogP contribution in [0, 0.1) is 0 Å². The van der Waals surface area contributed by atoms with Crippen molar-refractivity contribution in [1.29, 1.82) is 0 Å². The molecular formula is C16H15Cl2N. The van der Waals surface area contributed by atoms with Crippen LogP contribution in [-0.2, 0) is 19.4 Å². The third-order valence-electron chi connectivity index (χ3n) is 3.61. The summed E-state index contributed by atoms with van der Waals surface area (Å²) in [6.07, 6.45) is 2.01. The van der Waals surface area contributed by atoms with Gasteiger partial charge in [-0.3, -0.25) is 0 Å². The van der Waals surface area contributed by atoms with Crippen LogP contribution in [0.25, 0.3) is 0 Å². The number of hydrogen-bond acceptors (Lipinski definition) is 1. The van der Waals surface area contributed by atoms with Crippen LogP contribution in [-0.4, -0.2) is 6.04 Å². The van der Waals surface area contributed by atoms with Crippen LogP contribution in [0.4, 0.5) is 0 Å². The van der Waals surface area contributed by atoms with E-state index in [-0.39, 0.29) is 0 Å². The maximum atomic E-state index is 6.23. The maximum Gasteiger partial charge on any atom is 0.0468 e. The fourth-order valence-electron chi connectivity index (χ4n) is 2.66. The van der Waals surface area contributed by atoms with Crippen LogP contribution in [0.2, 0.25) is 10.0 Å². The van der Waals surface area contributed by atoms with Gasteiger partial charge in [-0.25, -0.2) is 0 Å². The molecule has 0 saturated heterocycles. The van der Waals surface area contributed by atoms with Gasteiger partial charge in [-0.15, -0.1) is 0 Å². The third-order valence-corrected chi connectivity index (χ3v) is 4.17. The Kier molecular flexibility index (Phi) is 3.79.